The van der Waals surface area contributed by atoms with Crippen LogP contribution in [0.25, 0.3) is 11.1 Å². The molecule has 1 N–H and O–H groups in total. The van der Waals surface area contributed by atoms with Gasteiger partial charge in [0.1, 0.15) is 17.8 Å². The second-order valence-electron chi connectivity index (χ2n) is 7.10. The lowest BCUT2D eigenvalue weighted by molar-refractivity contribution is 0.122. The van der Waals surface area contributed by atoms with Gasteiger partial charge >= 0.3 is 0 Å². The van der Waals surface area contributed by atoms with Crippen LogP contribution in [0.3, 0.4) is 0 Å². The zero-order valence-corrected chi connectivity index (χ0v) is 17.4. The number of nitrogens with one attached hydrogen (secondary N) is 1. The van der Waals surface area contributed by atoms with Gasteiger partial charge in [-0.2, -0.15) is 0 Å². The average molecular weight is 420 g/mol. The van der Waals surface area contributed by atoms with Gasteiger partial charge in [-0.3, -0.25) is 4.72 Å². The lowest BCUT2D eigenvalue weighted by Gasteiger charge is -2.30. The Labute approximate surface area is 170 Å². The number of aryl methyl sites for hydroxylation is 1. The second-order valence-corrected chi connectivity index (χ2v) is 9.06. The standard InChI is InChI=1S/C19H25N5O4S/c1-3-15-17(18(22-12-21-15)24-6-8-28-9-7-24)13-10-16(19(27-2)20-11-13)23-29(25,26)14-4-5-14/h10-12,14,23H,3-9H2,1-2H3. The molecule has 0 bridgehead atoms. The van der Waals surface area contributed by atoms with E-state index in [4.69, 9.17) is 9.47 Å². The highest BCUT2D eigenvalue weighted by Crippen LogP contribution is 2.37. The highest BCUT2D eigenvalue weighted by atomic mass is 32.2. The third-order valence-electron chi connectivity index (χ3n) is 5.10. The van der Waals surface area contributed by atoms with Crippen LogP contribution in [-0.2, 0) is 21.2 Å². The Kier molecular flexibility index (Phi) is 5.55. The molecule has 1 aliphatic carbocycles. The number of rotatable bonds is 7. The zero-order valence-electron chi connectivity index (χ0n) is 16.6. The van der Waals surface area contributed by atoms with E-state index in [0.29, 0.717) is 38.2 Å². The molecule has 4 rings (SSSR count). The van der Waals surface area contributed by atoms with E-state index in [1.54, 1.807) is 18.6 Å². The minimum absolute atomic E-state index is 0.237. The first kappa shape index (κ1) is 19.8. The van der Waals surface area contributed by atoms with Crippen molar-refractivity contribution in [3.05, 3.63) is 24.3 Å². The number of hydrogen-bond acceptors (Lipinski definition) is 8. The van der Waals surface area contributed by atoms with Gasteiger partial charge in [0.2, 0.25) is 15.9 Å². The molecule has 0 amide bonds. The van der Waals surface area contributed by atoms with Gasteiger partial charge in [0, 0.05) is 30.4 Å². The zero-order chi connectivity index (χ0) is 20.4. The molecule has 2 fully saturated rings. The Balaban J connectivity index is 1.79. The number of nitrogens with zero attached hydrogens (tertiary/aromatic N) is 4. The van der Waals surface area contributed by atoms with E-state index in [9.17, 15) is 8.42 Å². The molecule has 2 aromatic rings. The molecule has 1 aliphatic heterocycles. The van der Waals surface area contributed by atoms with Crippen LogP contribution < -0.4 is 14.4 Å². The maximum absolute atomic E-state index is 12.5. The maximum atomic E-state index is 12.5. The quantitative estimate of drug-likeness (QED) is 0.725. The summed E-state index contributed by atoms with van der Waals surface area (Å²) in [6, 6.07) is 1.76. The van der Waals surface area contributed by atoms with E-state index >= 15 is 0 Å². The molecule has 0 aromatic carbocycles. The molecule has 0 unspecified atom stereocenters. The van der Waals surface area contributed by atoms with Gasteiger partial charge in [-0.05, 0) is 25.3 Å². The molecule has 1 saturated carbocycles. The van der Waals surface area contributed by atoms with Crippen LogP contribution in [0.2, 0.25) is 0 Å². The Morgan fingerprint density at radius 1 is 1.24 bits per heavy atom. The fourth-order valence-corrected chi connectivity index (χ4v) is 4.81. The Morgan fingerprint density at radius 3 is 2.66 bits per heavy atom. The molecule has 1 saturated heterocycles. The average Bonchev–Trinajstić information content (AvgIpc) is 3.60. The molecule has 0 radical (unpaired) electrons. The highest BCUT2D eigenvalue weighted by molar-refractivity contribution is 7.93. The van der Waals surface area contributed by atoms with Gasteiger partial charge in [0.05, 0.1) is 31.3 Å². The van der Waals surface area contributed by atoms with Gasteiger partial charge in [0.15, 0.2) is 0 Å². The van der Waals surface area contributed by atoms with Crippen molar-refractivity contribution in [2.45, 2.75) is 31.4 Å². The Bertz CT molecular complexity index is 988. The third kappa shape index (κ3) is 4.13. The van der Waals surface area contributed by atoms with E-state index in [-0.39, 0.29) is 11.1 Å². The molecular weight excluding hydrogens is 394 g/mol. The second kappa shape index (κ2) is 8.11. The van der Waals surface area contributed by atoms with Crippen LogP contribution in [-0.4, -0.2) is 62.0 Å². The first-order chi connectivity index (χ1) is 14.0. The molecule has 0 spiro atoms. The van der Waals surface area contributed by atoms with Gasteiger partial charge in [-0.1, -0.05) is 6.92 Å². The van der Waals surface area contributed by atoms with Crippen LogP contribution in [0.5, 0.6) is 5.88 Å². The molecule has 0 atom stereocenters. The minimum atomic E-state index is -3.45. The molecule has 2 aliphatic rings. The van der Waals surface area contributed by atoms with Crippen molar-refractivity contribution in [3.8, 4) is 17.0 Å². The van der Waals surface area contributed by atoms with Gasteiger partial charge in [-0.25, -0.2) is 23.4 Å². The summed E-state index contributed by atoms with van der Waals surface area (Å²) in [5, 5.41) is -0.342. The van der Waals surface area contributed by atoms with E-state index in [1.807, 2.05) is 6.92 Å². The monoisotopic (exact) mass is 419 g/mol. The minimum Gasteiger partial charge on any atom is -0.480 e. The first-order valence-corrected chi connectivity index (χ1v) is 11.3. The smallest absolute Gasteiger partial charge is 0.238 e. The number of aromatic nitrogens is 3. The number of hydrogen-bond donors (Lipinski definition) is 1. The Morgan fingerprint density at radius 2 is 2.00 bits per heavy atom. The molecule has 9 nitrogen and oxygen atoms in total. The summed E-state index contributed by atoms with van der Waals surface area (Å²) in [7, 11) is -1.97. The van der Waals surface area contributed by atoms with Crippen molar-refractivity contribution < 1.29 is 17.9 Å². The number of anilines is 2. The van der Waals surface area contributed by atoms with Crippen LogP contribution in [0.4, 0.5) is 11.5 Å². The van der Waals surface area contributed by atoms with Gasteiger partial charge in [-0.15, -0.1) is 0 Å². The summed E-state index contributed by atoms with van der Waals surface area (Å²) >= 11 is 0. The fraction of sp³-hybridized carbons (Fsp3) is 0.526. The summed E-state index contributed by atoms with van der Waals surface area (Å²) in [6.07, 6.45) is 5.32. The largest absolute Gasteiger partial charge is 0.480 e. The number of pyridine rings is 1. The number of morpholine rings is 1. The number of sulfonamides is 1. The van der Waals surface area contributed by atoms with Gasteiger partial charge < -0.3 is 14.4 Å². The summed E-state index contributed by atoms with van der Waals surface area (Å²) < 4.78 is 38.4. The predicted molar refractivity (Wildman–Crippen MR) is 110 cm³/mol. The molecule has 3 heterocycles. The number of ether oxygens (including phenoxy) is 2. The van der Waals surface area contributed by atoms with Gasteiger partial charge in [0.25, 0.3) is 0 Å². The maximum Gasteiger partial charge on any atom is 0.238 e. The highest BCUT2D eigenvalue weighted by Gasteiger charge is 2.36. The van der Waals surface area contributed by atoms with Crippen molar-refractivity contribution in [2.24, 2.45) is 0 Å². The van der Waals surface area contributed by atoms with E-state index < -0.39 is 10.0 Å². The third-order valence-corrected chi connectivity index (χ3v) is 6.95. The molecular formula is C19H25N5O4S. The lowest BCUT2D eigenvalue weighted by atomic mass is 10.0. The topological polar surface area (TPSA) is 107 Å². The van der Waals surface area contributed by atoms with E-state index in [1.165, 1.54) is 7.11 Å². The fourth-order valence-electron chi connectivity index (χ4n) is 3.43. The van der Waals surface area contributed by atoms with Crippen LogP contribution >= 0.6 is 0 Å². The SMILES string of the molecule is CCc1ncnc(N2CCOCC2)c1-c1cnc(OC)c(NS(=O)(=O)C2CC2)c1. The van der Waals surface area contributed by atoms with Crippen LogP contribution in [0, 0.1) is 0 Å². The lowest BCUT2D eigenvalue weighted by Crippen LogP contribution is -2.37. The summed E-state index contributed by atoms with van der Waals surface area (Å²) in [4.78, 5) is 15.5. The molecule has 2 aromatic heterocycles. The van der Waals surface area contributed by atoms with Crippen molar-refractivity contribution in [1.29, 1.82) is 0 Å². The van der Waals surface area contributed by atoms with Crippen LogP contribution in [0.15, 0.2) is 18.6 Å². The first-order valence-electron chi connectivity index (χ1n) is 9.76. The van der Waals surface area contributed by atoms with Crippen molar-refractivity contribution >= 4 is 21.5 Å². The number of methoxy groups -OCH3 is 1. The van der Waals surface area contributed by atoms with E-state index in [0.717, 1.165) is 35.7 Å². The normalized spacial score (nSPS) is 17.2. The molecule has 29 heavy (non-hydrogen) atoms. The predicted octanol–water partition coefficient (Wildman–Crippen LogP) is 1.85. The summed E-state index contributed by atoms with van der Waals surface area (Å²) in [5.41, 5.74) is 2.82. The van der Waals surface area contributed by atoms with E-state index in [2.05, 4.69) is 24.6 Å². The Hall–Kier alpha value is -2.46. The van der Waals surface area contributed by atoms with Crippen molar-refractivity contribution in [2.75, 3.05) is 43.0 Å². The summed E-state index contributed by atoms with van der Waals surface area (Å²) in [6.45, 7) is 4.77. The van der Waals surface area contributed by atoms with Crippen LogP contribution in [0.1, 0.15) is 25.5 Å². The molecule has 156 valence electrons. The van der Waals surface area contributed by atoms with Crippen molar-refractivity contribution in [1.82, 2.24) is 15.0 Å². The molecule has 10 heteroatoms. The van der Waals surface area contributed by atoms with Crippen molar-refractivity contribution in [3.63, 3.8) is 0 Å². The summed E-state index contributed by atoms with van der Waals surface area (Å²) in [5.74, 6) is 1.05.